The van der Waals surface area contributed by atoms with Gasteiger partial charge in [0.2, 0.25) is 0 Å². The summed E-state index contributed by atoms with van der Waals surface area (Å²) in [6.45, 7) is 9.48. The van der Waals surface area contributed by atoms with Gasteiger partial charge in [-0.1, -0.05) is 20.8 Å². The first-order valence-electron chi connectivity index (χ1n) is 6.56. The van der Waals surface area contributed by atoms with Crippen LogP contribution in [0.3, 0.4) is 0 Å². The maximum atomic E-state index is 9.00. The highest BCUT2D eigenvalue weighted by Gasteiger charge is 2.22. The summed E-state index contributed by atoms with van der Waals surface area (Å²) in [5.41, 5.74) is 1.31. The number of thiazole rings is 1. The van der Waals surface area contributed by atoms with Gasteiger partial charge >= 0.3 is 0 Å². The summed E-state index contributed by atoms with van der Waals surface area (Å²) >= 11 is 1.74. The van der Waals surface area contributed by atoms with Crippen LogP contribution in [0.25, 0.3) is 0 Å². The lowest BCUT2D eigenvalue weighted by molar-refractivity contribution is 0.192. The van der Waals surface area contributed by atoms with Crippen molar-refractivity contribution in [2.45, 2.75) is 45.6 Å². The Morgan fingerprint density at radius 3 is 2.94 bits per heavy atom. The van der Waals surface area contributed by atoms with Crippen molar-refractivity contribution in [1.82, 2.24) is 9.88 Å². The van der Waals surface area contributed by atoms with E-state index in [4.69, 9.17) is 10.2 Å². The SMILES string of the molecule is CC(C)(C)c1csc(CN2CCCC(C#N)C2)n1. The summed E-state index contributed by atoms with van der Waals surface area (Å²) in [5, 5.41) is 12.3. The molecule has 0 amide bonds. The fourth-order valence-corrected chi connectivity index (χ4v) is 3.29. The monoisotopic (exact) mass is 263 g/mol. The normalized spacial score (nSPS) is 21.8. The van der Waals surface area contributed by atoms with Crippen molar-refractivity contribution in [2.24, 2.45) is 5.92 Å². The zero-order valence-electron chi connectivity index (χ0n) is 11.4. The van der Waals surface area contributed by atoms with E-state index in [9.17, 15) is 0 Å². The van der Waals surface area contributed by atoms with Crippen LogP contribution in [0.4, 0.5) is 0 Å². The van der Waals surface area contributed by atoms with Crippen LogP contribution >= 0.6 is 11.3 Å². The third-order valence-corrected chi connectivity index (χ3v) is 4.20. The van der Waals surface area contributed by atoms with Crippen LogP contribution in [-0.4, -0.2) is 23.0 Å². The molecule has 0 aliphatic carbocycles. The number of aromatic nitrogens is 1. The summed E-state index contributed by atoms with van der Waals surface area (Å²) in [7, 11) is 0. The second kappa shape index (κ2) is 5.38. The molecule has 0 aromatic carbocycles. The lowest BCUT2D eigenvalue weighted by Crippen LogP contribution is -2.34. The number of nitrogens with zero attached hydrogens (tertiary/aromatic N) is 3. The number of likely N-dealkylation sites (tertiary alicyclic amines) is 1. The zero-order chi connectivity index (χ0) is 13.2. The second-order valence-corrected chi connectivity index (χ2v) is 7.02. The molecule has 0 spiro atoms. The Kier molecular flexibility index (Phi) is 4.04. The molecule has 0 bridgehead atoms. The highest BCUT2D eigenvalue weighted by molar-refractivity contribution is 7.09. The third kappa shape index (κ3) is 3.30. The summed E-state index contributed by atoms with van der Waals surface area (Å²) in [5.74, 6) is 0.209. The van der Waals surface area contributed by atoms with E-state index < -0.39 is 0 Å². The van der Waals surface area contributed by atoms with Crippen molar-refractivity contribution < 1.29 is 0 Å². The maximum absolute atomic E-state index is 9.00. The average Bonchev–Trinajstić information content (AvgIpc) is 2.77. The molecule has 1 fully saturated rings. The first-order chi connectivity index (χ1) is 8.49. The lowest BCUT2D eigenvalue weighted by Gasteiger charge is -2.28. The first kappa shape index (κ1) is 13.5. The molecule has 1 atom stereocenters. The van der Waals surface area contributed by atoms with Crippen molar-refractivity contribution in [3.63, 3.8) is 0 Å². The number of hydrogen-bond donors (Lipinski definition) is 0. The van der Waals surface area contributed by atoms with Gasteiger partial charge in [-0.15, -0.1) is 11.3 Å². The van der Waals surface area contributed by atoms with E-state index in [1.54, 1.807) is 11.3 Å². The maximum Gasteiger partial charge on any atom is 0.107 e. The second-order valence-electron chi connectivity index (χ2n) is 6.08. The molecule has 0 radical (unpaired) electrons. The van der Waals surface area contributed by atoms with E-state index in [1.165, 1.54) is 10.7 Å². The smallest absolute Gasteiger partial charge is 0.107 e. The average molecular weight is 263 g/mol. The predicted octanol–water partition coefficient (Wildman–Crippen LogP) is 3.18. The van der Waals surface area contributed by atoms with Gasteiger partial charge in [-0.3, -0.25) is 4.90 Å². The Hall–Kier alpha value is -0.920. The molecular formula is C14H21N3S. The summed E-state index contributed by atoms with van der Waals surface area (Å²) in [4.78, 5) is 7.08. The molecule has 18 heavy (non-hydrogen) atoms. The standard InChI is InChI=1S/C14H21N3S/c1-14(2,3)12-10-18-13(16-12)9-17-6-4-5-11(7-15)8-17/h10-11H,4-6,8-9H2,1-3H3. The van der Waals surface area contributed by atoms with E-state index in [0.717, 1.165) is 32.5 Å². The van der Waals surface area contributed by atoms with Crippen LogP contribution in [0, 0.1) is 17.2 Å². The molecular weight excluding hydrogens is 242 g/mol. The van der Waals surface area contributed by atoms with Gasteiger partial charge in [-0.05, 0) is 19.4 Å². The molecule has 4 heteroatoms. The van der Waals surface area contributed by atoms with E-state index in [2.05, 4.69) is 37.1 Å². The first-order valence-corrected chi connectivity index (χ1v) is 7.44. The van der Waals surface area contributed by atoms with E-state index in [-0.39, 0.29) is 11.3 Å². The summed E-state index contributed by atoms with van der Waals surface area (Å²) in [6, 6.07) is 2.39. The van der Waals surface area contributed by atoms with Gasteiger partial charge in [0.25, 0.3) is 0 Å². The molecule has 0 saturated carbocycles. The van der Waals surface area contributed by atoms with Crippen LogP contribution in [-0.2, 0) is 12.0 Å². The highest BCUT2D eigenvalue weighted by Crippen LogP contribution is 2.25. The number of hydrogen-bond acceptors (Lipinski definition) is 4. The largest absolute Gasteiger partial charge is 0.295 e. The van der Waals surface area contributed by atoms with Gasteiger partial charge in [0.1, 0.15) is 5.01 Å². The Morgan fingerprint density at radius 2 is 2.33 bits per heavy atom. The van der Waals surface area contributed by atoms with Crippen molar-refractivity contribution in [1.29, 1.82) is 5.26 Å². The zero-order valence-corrected chi connectivity index (χ0v) is 12.3. The van der Waals surface area contributed by atoms with Gasteiger partial charge < -0.3 is 0 Å². The van der Waals surface area contributed by atoms with Crippen molar-refractivity contribution >= 4 is 11.3 Å². The van der Waals surface area contributed by atoms with Crippen LogP contribution in [0.1, 0.15) is 44.3 Å². The molecule has 1 aliphatic rings. The molecule has 1 aliphatic heterocycles. The third-order valence-electron chi connectivity index (χ3n) is 3.37. The Balaban J connectivity index is 1.97. The van der Waals surface area contributed by atoms with Gasteiger partial charge in [-0.2, -0.15) is 5.26 Å². The molecule has 2 rings (SSSR count). The Bertz CT molecular complexity index is 439. The lowest BCUT2D eigenvalue weighted by atomic mass is 9.93. The van der Waals surface area contributed by atoms with Crippen molar-refractivity contribution in [3.05, 3.63) is 16.1 Å². The summed E-state index contributed by atoms with van der Waals surface area (Å²) < 4.78 is 0. The topological polar surface area (TPSA) is 39.9 Å². The molecule has 1 aromatic rings. The Labute approximate surface area is 113 Å². The fourth-order valence-electron chi connectivity index (χ4n) is 2.22. The number of rotatable bonds is 2. The molecule has 1 unspecified atom stereocenters. The fraction of sp³-hybridized carbons (Fsp3) is 0.714. The van der Waals surface area contributed by atoms with E-state index in [0.29, 0.717) is 0 Å². The van der Waals surface area contributed by atoms with Crippen LogP contribution in [0.15, 0.2) is 5.38 Å². The van der Waals surface area contributed by atoms with E-state index >= 15 is 0 Å². The quantitative estimate of drug-likeness (QED) is 0.822. The van der Waals surface area contributed by atoms with Gasteiger partial charge in [-0.25, -0.2) is 4.98 Å². The highest BCUT2D eigenvalue weighted by atomic mass is 32.1. The molecule has 0 N–H and O–H groups in total. The molecule has 3 nitrogen and oxygen atoms in total. The molecule has 98 valence electrons. The number of piperidine rings is 1. The molecule has 2 heterocycles. The molecule has 1 aromatic heterocycles. The predicted molar refractivity (Wildman–Crippen MR) is 74.4 cm³/mol. The number of nitriles is 1. The van der Waals surface area contributed by atoms with E-state index in [1.807, 2.05) is 0 Å². The van der Waals surface area contributed by atoms with Crippen LogP contribution < -0.4 is 0 Å². The minimum atomic E-state index is 0.131. The van der Waals surface area contributed by atoms with Crippen molar-refractivity contribution in [2.75, 3.05) is 13.1 Å². The van der Waals surface area contributed by atoms with Crippen LogP contribution in [0.2, 0.25) is 0 Å². The van der Waals surface area contributed by atoms with Gasteiger partial charge in [0.05, 0.1) is 24.2 Å². The minimum absolute atomic E-state index is 0.131. The van der Waals surface area contributed by atoms with Crippen LogP contribution in [0.5, 0.6) is 0 Å². The van der Waals surface area contributed by atoms with Crippen molar-refractivity contribution in [3.8, 4) is 6.07 Å². The molecule has 1 saturated heterocycles. The minimum Gasteiger partial charge on any atom is -0.295 e. The Morgan fingerprint density at radius 1 is 1.56 bits per heavy atom. The van der Waals surface area contributed by atoms with Gasteiger partial charge in [0, 0.05) is 17.3 Å². The van der Waals surface area contributed by atoms with Gasteiger partial charge in [0.15, 0.2) is 0 Å². The summed E-state index contributed by atoms with van der Waals surface area (Å²) in [6.07, 6.45) is 2.19.